The molecule has 0 aliphatic carbocycles. The molecule has 0 atom stereocenters. The number of ether oxygens (including phenoxy) is 2. The number of methoxy groups -OCH3 is 2. The van der Waals surface area contributed by atoms with Gasteiger partial charge in [0.15, 0.2) is 0 Å². The van der Waals surface area contributed by atoms with Crippen LogP contribution >= 0.6 is 34.2 Å². The van der Waals surface area contributed by atoms with Crippen molar-refractivity contribution in [3.63, 3.8) is 0 Å². The minimum Gasteiger partial charge on any atom is -0.496 e. The van der Waals surface area contributed by atoms with Crippen molar-refractivity contribution in [1.29, 1.82) is 0 Å². The Bertz CT molecular complexity index is 412. The van der Waals surface area contributed by atoms with Gasteiger partial charge in [-0.2, -0.15) is 0 Å². The summed E-state index contributed by atoms with van der Waals surface area (Å²) in [6.45, 7) is 0.911. The van der Waals surface area contributed by atoms with Gasteiger partial charge in [-0.05, 0) is 34.7 Å². The summed E-state index contributed by atoms with van der Waals surface area (Å²) in [5.41, 5.74) is 0.425. The molecule has 0 aliphatic rings. The van der Waals surface area contributed by atoms with Crippen molar-refractivity contribution in [2.75, 3.05) is 27.4 Å². The first-order valence-electron chi connectivity index (χ1n) is 4.90. The molecule has 0 heterocycles. The van der Waals surface area contributed by atoms with Crippen molar-refractivity contribution in [3.05, 3.63) is 26.3 Å². The monoisotopic (exact) mass is 369 g/mol. The third kappa shape index (κ3) is 4.01. The van der Waals surface area contributed by atoms with Crippen LogP contribution in [0.4, 0.5) is 0 Å². The van der Waals surface area contributed by atoms with Gasteiger partial charge in [-0.15, -0.1) is 0 Å². The average Bonchev–Trinajstić information content (AvgIpc) is 2.32. The summed E-state index contributed by atoms with van der Waals surface area (Å²) in [6.07, 6.45) is 0. The van der Waals surface area contributed by atoms with E-state index in [2.05, 4.69) is 27.9 Å². The summed E-state index contributed by atoms with van der Waals surface area (Å²) in [6, 6.07) is 3.33. The Morgan fingerprint density at radius 2 is 2.18 bits per heavy atom. The molecule has 1 N–H and O–H groups in total. The molecule has 0 saturated heterocycles. The van der Waals surface area contributed by atoms with Gasteiger partial charge in [0, 0.05) is 17.2 Å². The number of hydrogen-bond acceptors (Lipinski definition) is 3. The Hall–Kier alpha value is -0.530. The lowest BCUT2D eigenvalue weighted by atomic mass is 10.2. The summed E-state index contributed by atoms with van der Waals surface area (Å²) in [5, 5.41) is 3.25. The maximum absolute atomic E-state index is 11.9. The lowest BCUT2D eigenvalue weighted by molar-refractivity contribution is 0.0934. The summed E-state index contributed by atoms with van der Waals surface area (Å²) in [4.78, 5) is 11.9. The van der Waals surface area contributed by atoms with E-state index in [0.717, 1.165) is 3.57 Å². The highest BCUT2D eigenvalue weighted by Crippen LogP contribution is 2.28. The van der Waals surface area contributed by atoms with E-state index in [1.807, 2.05) is 0 Å². The van der Waals surface area contributed by atoms with Crippen molar-refractivity contribution in [3.8, 4) is 5.75 Å². The Morgan fingerprint density at radius 3 is 2.76 bits per heavy atom. The highest BCUT2D eigenvalue weighted by Gasteiger charge is 2.14. The van der Waals surface area contributed by atoms with E-state index in [-0.39, 0.29) is 5.91 Å². The lowest BCUT2D eigenvalue weighted by Crippen LogP contribution is -2.27. The largest absolute Gasteiger partial charge is 0.496 e. The van der Waals surface area contributed by atoms with E-state index in [4.69, 9.17) is 21.1 Å². The van der Waals surface area contributed by atoms with Crippen LogP contribution in [0.2, 0.25) is 5.02 Å². The van der Waals surface area contributed by atoms with Crippen LogP contribution in [0.5, 0.6) is 5.75 Å². The topological polar surface area (TPSA) is 47.6 Å². The second-order valence-electron chi connectivity index (χ2n) is 3.22. The molecule has 0 aromatic heterocycles. The van der Waals surface area contributed by atoms with Crippen LogP contribution in [0, 0.1) is 3.57 Å². The predicted molar refractivity (Wildman–Crippen MR) is 74.9 cm³/mol. The molecule has 0 bridgehead atoms. The van der Waals surface area contributed by atoms with Gasteiger partial charge >= 0.3 is 0 Å². The van der Waals surface area contributed by atoms with Crippen molar-refractivity contribution < 1.29 is 14.3 Å². The molecule has 1 amide bonds. The molecule has 4 nitrogen and oxygen atoms in total. The lowest BCUT2D eigenvalue weighted by Gasteiger charge is -2.10. The Morgan fingerprint density at radius 1 is 1.47 bits per heavy atom. The minimum atomic E-state index is -0.225. The molecular formula is C11H13ClINO3. The van der Waals surface area contributed by atoms with Gasteiger partial charge in [-0.25, -0.2) is 0 Å². The normalized spacial score (nSPS) is 10.1. The van der Waals surface area contributed by atoms with E-state index in [9.17, 15) is 4.79 Å². The molecule has 0 unspecified atom stereocenters. The molecule has 1 rings (SSSR count). The third-order valence-electron chi connectivity index (χ3n) is 2.08. The number of amides is 1. The molecule has 0 saturated carbocycles. The van der Waals surface area contributed by atoms with Crippen LogP contribution in [-0.4, -0.2) is 33.3 Å². The van der Waals surface area contributed by atoms with Gasteiger partial charge in [0.2, 0.25) is 0 Å². The Kier molecular flexibility index (Phi) is 6.01. The Balaban J connectivity index is 2.88. The van der Waals surface area contributed by atoms with Crippen LogP contribution in [0.25, 0.3) is 0 Å². The van der Waals surface area contributed by atoms with Crippen LogP contribution < -0.4 is 10.1 Å². The van der Waals surface area contributed by atoms with Gasteiger partial charge in [-0.1, -0.05) is 11.6 Å². The second-order valence-corrected chi connectivity index (χ2v) is 4.78. The van der Waals surface area contributed by atoms with E-state index < -0.39 is 0 Å². The average molecular weight is 370 g/mol. The molecule has 0 fully saturated rings. The standard InChI is InChI=1S/C11H13ClINO3/c1-16-4-3-14-11(15)7-5-8(12)9(13)6-10(7)17-2/h5-6H,3-4H2,1-2H3,(H,14,15). The van der Waals surface area contributed by atoms with Gasteiger partial charge in [0.1, 0.15) is 5.75 Å². The van der Waals surface area contributed by atoms with Crippen molar-refractivity contribution in [2.45, 2.75) is 0 Å². The summed E-state index contributed by atoms with van der Waals surface area (Å²) < 4.78 is 10.8. The quantitative estimate of drug-likeness (QED) is 0.640. The zero-order chi connectivity index (χ0) is 12.8. The fraction of sp³-hybridized carbons (Fsp3) is 0.364. The van der Waals surface area contributed by atoms with Gasteiger partial charge in [0.05, 0.1) is 24.3 Å². The zero-order valence-electron chi connectivity index (χ0n) is 9.55. The fourth-order valence-electron chi connectivity index (χ4n) is 1.24. The maximum atomic E-state index is 11.9. The fourth-order valence-corrected chi connectivity index (χ4v) is 1.84. The molecule has 0 radical (unpaired) electrons. The molecular weight excluding hydrogens is 356 g/mol. The maximum Gasteiger partial charge on any atom is 0.255 e. The van der Waals surface area contributed by atoms with Crippen LogP contribution in [-0.2, 0) is 4.74 Å². The smallest absolute Gasteiger partial charge is 0.255 e. The number of rotatable bonds is 5. The van der Waals surface area contributed by atoms with Crippen LogP contribution in [0.15, 0.2) is 12.1 Å². The minimum absolute atomic E-state index is 0.225. The van der Waals surface area contributed by atoms with Crippen LogP contribution in [0.3, 0.4) is 0 Å². The summed E-state index contributed by atoms with van der Waals surface area (Å²) >= 11 is 8.06. The van der Waals surface area contributed by atoms with Crippen molar-refractivity contribution >= 4 is 40.1 Å². The molecule has 0 aliphatic heterocycles. The second kappa shape index (κ2) is 7.03. The highest BCUT2D eigenvalue weighted by molar-refractivity contribution is 14.1. The zero-order valence-corrected chi connectivity index (χ0v) is 12.5. The van der Waals surface area contributed by atoms with E-state index in [0.29, 0.717) is 29.5 Å². The van der Waals surface area contributed by atoms with Gasteiger partial charge < -0.3 is 14.8 Å². The molecule has 17 heavy (non-hydrogen) atoms. The third-order valence-corrected chi connectivity index (χ3v) is 3.60. The number of nitrogens with one attached hydrogen (secondary N) is 1. The number of hydrogen-bond donors (Lipinski definition) is 1. The molecule has 94 valence electrons. The Labute approximate surface area is 119 Å². The van der Waals surface area contributed by atoms with Crippen molar-refractivity contribution in [2.24, 2.45) is 0 Å². The number of benzene rings is 1. The first kappa shape index (κ1) is 14.5. The summed E-state index contributed by atoms with van der Waals surface area (Å²) in [5.74, 6) is 0.283. The van der Waals surface area contributed by atoms with E-state index in [1.54, 1.807) is 19.2 Å². The van der Waals surface area contributed by atoms with E-state index in [1.165, 1.54) is 7.11 Å². The van der Waals surface area contributed by atoms with Gasteiger partial charge in [0.25, 0.3) is 5.91 Å². The molecule has 6 heteroatoms. The highest BCUT2D eigenvalue weighted by atomic mass is 127. The first-order valence-corrected chi connectivity index (χ1v) is 6.36. The van der Waals surface area contributed by atoms with Gasteiger partial charge in [-0.3, -0.25) is 4.79 Å². The number of carbonyl (C=O) groups is 1. The number of halogens is 2. The molecule has 0 spiro atoms. The predicted octanol–water partition coefficient (Wildman–Crippen LogP) is 2.33. The summed E-state index contributed by atoms with van der Waals surface area (Å²) in [7, 11) is 3.10. The molecule has 1 aromatic carbocycles. The number of carbonyl (C=O) groups excluding carboxylic acids is 1. The first-order chi connectivity index (χ1) is 8.10. The van der Waals surface area contributed by atoms with E-state index >= 15 is 0 Å². The van der Waals surface area contributed by atoms with Crippen LogP contribution in [0.1, 0.15) is 10.4 Å². The SMILES string of the molecule is COCCNC(=O)c1cc(Cl)c(I)cc1OC. The van der Waals surface area contributed by atoms with Crippen molar-refractivity contribution in [1.82, 2.24) is 5.32 Å². The molecule has 1 aromatic rings.